The Bertz CT molecular complexity index is 1130. The molecule has 3 aromatic heterocycles. The average Bonchev–Trinajstić information content (AvgIpc) is 3.24. The lowest BCUT2D eigenvalue weighted by molar-refractivity contribution is -0.116. The van der Waals surface area contributed by atoms with Crippen LogP contribution in [-0.2, 0) is 11.8 Å². The molecule has 7 heteroatoms. The lowest BCUT2D eigenvalue weighted by Gasteiger charge is -2.23. The van der Waals surface area contributed by atoms with Crippen molar-refractivity contribution >= 4 is 17.4 Å². The summed E-state index contributed by atoms with van der Waals surface area (Å²) in [5, 5.41) is 12.1. The van der Waals surface area contributed by atoms with E-state index in [1.165, 1.54) is 0 Å². The van der Waals surface area contributed by atoms with Crippen LogP contribution >= 0.6 is 0 Å². The van der Waals surface area contributed by atoms with E-state index in [1.54, 1.807) is 21.6 Å². The molecule has 7 nitrogen and oxygen atoms in total. The first-order valence-corrected chi connectivity index (χ1v) is 8.43. The first kappa shape index (κ1) is 14.8. The zero-order valence-corrected chi connectivity index (χ0v) is 14.1. The number of hydrogen-bond acceptors (Lipinski definition) is 4. The first-order chi connectivity index (χ1) is 12.7. The second kappa shape index (κ2) is 5.52. The van der Waals surface area contributed by atoms with Crippen molar-refractivity contribution in [2.75, 3.05) is 5.32 Å². The van der Waals surface area contributed by atoms with Gasteiger partial charge in [-0.25, -0.2) is 9.50 Å². The van der Waals surface area contributed by atoms with Crippen LogP contribution in [0.3, 0.4) is 0 Å². The van der Waals surface area contributed by atoms with Crippen LogP contribution in [-0.4, -0.2) is 30.3 Å². The molecule has 0 spiro atoms. The van der Waals surface area contributed by atoms with Gasteiger partial charge >= 0.3 is 0 Å². The second-order valence-corrected chi connectivity index (χ2v) is 6.39. The Morgan fingerprint density at radius 3 is 2.88 bits per heavy atom. The fourth-order valence-corrected chi connectivity index (χ4v) is 3.66. The Kier molecular flexibility index (Phi) is 3.15. The maximum Gasteiger partial charge on any atom is 0.226 e. The number of anilines is 1. The SMILES string of the molecule is Cn1nc(-c2ccccc2)c2c1NC(=O)CC2c1cnn2cccnc12. The highest BCUT2D eigenvalue weighted by Gasteiger charge is 2.35. The molecule has 1 N–H and O–H groups in total. The number of rotatable bonds is 2. The van der Waals surface area contributed by atoms with Crippen molar-refractivity contribution in [3.8, 4) is 11.3 Å². The van der Waals surface area contributed by atoms with Crippen molar-refractivity contribution in [3.05, 3.63) is 66.1 Å². The van der Waals surface area contributed by atoms with Crippen LogP contribution in [0.15, 0.2) is 55.0 Å². The maximum atomic E-state index is 12.4. The van der Waals surface area contributed by atoms with E-state index in [9.17, 15) is 4.79 Å². The number of nitrogens with zero attached hydrogens (tertiary/aromatic N) is 5. The Labute approximate surface area is 149 Å². The summed E-state index contributed by atoms with van der Waals surface area (Å²) in [6.07, 6.45) is 5.75. The van der Waals surface area contributed by atoms with Crippen LogP contribution in [0, 0.1) is 0 Å². The summed E-state index contributed by atoms with van der Waals surface area (Å²) in [5.74, 6) is 0.566. The van der Waals surface area contributed by atoms with E-state index in [1.807, 2.05) is 49.6 Å². The van der Waals surface area contributed by atoms with Gasteiger partial charge in [0.25, 0.3) is 0 Å². The molecular weight excluding hydrogens is 328 g/mol. The normalized spacial score (nSPS) is 16.5. The molecule has 1 aliphatic rings. The summed E-state index contributed by atoms with van der Waals surface area (Å²) >= 11 is 0. The zero-order chi connectivity index (χ0) is 17.7. The van der Waals surface area contributed by atoms with Crippen molar-refractivity contribution in [3.63, 3.8) is 0 Å². The molecule has 128 valence electrons. The Morgan fingerprint density at radius 1 is 1.19 bits per heavy atom. The summed E-state index contributed by atoms with van der Waals surface area (Å²) in [6.45, 7) is 0. The van der Waals surface area contributed by atoms with Crippen molar-refractivity contribution in [2.45, 2.75) is 12.3 Å². The largest absolute Gasteiger partial charge is 0.311 e. The van der Waals surface area contributed by atoms with Crippen LogP contribution in [0.25, 0.3) is 16.9 Å². The predicted octanol–water partition coefficient (Wildman–Crippen LogP) is 2.60. The molecule has 1 aliphatic heterocycles. The molecule has 0 radical (unpaired) electrons. The average molecular weight is 344 g/mol. The molecule has 4 aromatic rings. The van der Waals surface area contributed by atoms with Crippen molar-refractivity contribution in [1.82, 2.24) is 24.4 Å². The third-order valence-corrected chi connectivity index (χ3v) is 4.81. The van der Waals surface area contributed by atoms with Gasteiger partial charge < -0.3 is 5.32 Å². The molecule has 1 aromatic carbocycles. The lowest BCUT2D eigenvalue weighted by atomic mass is 9.85. The third-order valence-electron chi connectivity index (χ3n) is 4.81. The molecule has 0 saturated heterocycles. The Morgan fingerprint density at radius 2 is 2.04 bits per heavy atom. The van der Waals surface area contributed by atoms with Gasteiger partial charge in [0.15, 0.2) is 5.65 Å². The van der Waals surface area contributed by atoms with Gasteiger partial charge in [-0.2, -0.15) is 10.2 Å². The molecule has 5 rings (SSSR count). The zero-order valence-electron chi connectivity index (χ0n) is 14.1. The van der Waals surface area contributed by atoms with Gasteiger partial charge in [0.05, 0.1) is 11.9 Å². The molecule has 0 saturated carbocycles. The molecule has 1 atom stereocenters. The minimum Gasteiger partial charge on any atom is -0.311 e. The summed E-state index contributed by atoms with van der Waals surface area (Å²) in [7, 11) is 1.85. The van der Waals surface area contributed by atoms with E-state index in [0.717, 1.165) is 33.8 Å². The van der Waals surface area contributed by atoms with Crippen LogP contribution in [0.2, 0.25) is 0 Å². The summed E-state index contributed by atoms with van der Waals surface area (Å²) in [5.41, 5.74) is 4.62. The van der Waals surface area contributed by atoms with E-state index in [0.29, 0.717) is 6.42 Å². The Hall–Kier alpha value is -3.48. The summed E-state index contributed by atoms with van der Waals surface area (Å²) in [6, 6.07) is 11.9. The second-order valence-electron chi connectivity index (χ2n) is 6.39. The van der Waals surface area contributed by atoms with Gasteiger partial charge in [-0.15, -0.1) is 0 Å². The van der Waals surface area contributed by atoms with Crippen molar-refractivity contribution in [2.24, 2.45) is 7.05 Å². The van der Waals surface area contributed by atoms with Gasteiger partial charge in [-0.3, -0.25) is 9.48 Å². The number of nitrogens with one attached hydrogen (secondary N) is 1. The minimum atomic E-state index is -0.143. The predicted molar refractivity (Wildman–Crippen MR) is 96.7 cm³/mol. The topological polar surface area (TPSA) is 77.1 Å². The van der Waals surface area contributed by atoms with Gasteiger partial charge in [0, 0.05) is 48.5 Å². The van der Waals surface area contributed by atoms with Crippen molar-refractivity contribution in [1.29, 1.82) is 0 Å². The van der Waals surface area contributed by atoms with E-state index < -0.39 is 0 Å². The number of fused-ring (bicyclic) bond motifs is 2. The molecule has 4 heterocycles. The van der Waals surface area contributed by atoms with Gasteiger partial charge in [-0.05, 0) is 6.07 Å². The Balaban J connectivity index is 1.76. The van der Waals surface area contributed by atoms with E-state index in [4.69, 9.17) is 5.10 Å². The highest BCUT2D eigenvalue weighted by molar-refractivity contribution is 5.96. The van der Waals surface area contributed by atoms with Crippen molar-refractivity contribution < 1.29 is 4.79 Å². The van der Waals surface area contributed by atoms with Crippen LogP contribution in [0.4, 0.5) is 5.82 Å². The molecule has 0 aliphatic carbocycles. The van der Waals surface area contributed by atoms with E-state index in [2.05, 4.69) is 15.4 Å². The van der Waals surface area contributed by atoms with E-state index in [-0.39, 0.29) is 11.8 Å². The van der Waals surface area contributed by atoms with Gasteiger partial charge in [0.2, 0.25) is 5.91 Å². The first-order valence-electron chi connectivity index (χ1n) is 8.43. The standard InChI is InChI=1S/C19H16N6O/c1-24-19-16(17(23-24)12-6-3-2-4-7-12)13(10-15(26)22-19)14-11-21-25-9-5-8-20-18(14)25/h2-9,11,13H,10H2,1H3,(H,22,26). The number of benzene rings is 1. The minimum absolute atomic E-state index is 0.0274. The highest BCUT2D eigenvalue weighted by Crippen LogP contribution is 2.43. The molecular formula is C19H16N6O. The number of carbonyl (C=O) groups is 1. The fraction of sp³-hybridized carbons (Fsp3) is 0.158. The maximum absolute atomic E-state index is 12.4. The summed E-state index contributed by atoms with van der Waals surface area (Å²) in [4.78, 5) is 16.8. The van der Waals surface area contributed by atoms with Crippen LogP contribution in [0.5, 0.6) is 0 Å². The number of amides is 1. The lowest BCUT2D eigenvalue weighted by Crippen LogP contribution is -2.24. The molecule has 1 unspecified atom stereocenters. The number of aromatic nitrogens is 5. The molecule has 26 heavy (non-hydrogen) atoms. The fourth-order valence-electron chi connectivity index (χ4n) is 3.66. The molecule has 0 fully saturated rings. The van der Waals surface area contributed by atoms with Crippen LogP contribution in [0.1, 0.15) is 23.5 Å². The monoisotopic (exact) mass is 344 g/mol. The van der Waals surface area contributed by atoms with E-state index >= 15 is 0 Å². The highest BCUT2D eigenvalue weighted by atomic mass is 16.1. The third kappa shape index (κ3) is 2.13. The quantitative estimate of drug-likeness (QED) is 0.606. The summed E-state index contributed by atoms with van der Waals surface area (Å²) < 4.78 is 3.47. The molecule has 1 amide bonds. The number of carbonyl (C=O) groups excluding carboxylic acids is 1. The molecule has 0 bridgehead atoms. The van der Waals surface area contributed by atoms with Gasteiger partial charge in [0.1, 0.15) is 5.82 Å². The smallest absolute Gasteiger partial charge is 0.226 e. The number of hydrogen-bond donors (Lipinski definition) is 1. The number of aryl methyl sites for hydroxylation is 1. The van der Waals surface area contributed by atoms with Crippen LogP contribution < -0.4 is 5.32 Å². The van der Waals surface area contributed by atoms with Gasteiger partial charge in [-0.1, -0.05) is 30.3 Å².